The lowest BCUT2D eigenvalue weighted by Gasteiger charge is -2.19. The second kappa shape index (κ2) is 5.64. The maximum absolute atomic E-state index is 5.68. The van der Waals surface area contributed by atoms with E-state index in [4.69, 9.17) is 5.73 Å². The maximum Gasteiger partial charge on any atom is 0.140 e. The van der Waals surface area contributed by atoms with Gasteiger partial charge in [-0.3, -0.25) is 9.58 Å². The minimum atomic E-state index is 0.801. The van der Waals surface area contributed by atoms with E-state index in [0.717, 1.165) is 31.1 Å². The smallest absolute Gasteiger partial charge is 0.140 e. The van der Waals surface area contributed by atoms with Crippen LogP contribution in [0, 0.1) is 0 Å². The molecule has 0 unspecified atom stereocenters. The summed E-state index contributed by atoms with van der Waals surface area (Å²) in [6.07, 6.45) is 1.59. The number of aromatic nitrogens is 3. The van der Waals surface area contributed by atoms with Crippen molar-refractivity contribution in [1.82, 2.24) is 19.7 Å². The number of nitrogen functional groups attached to an aromatic ring is 1. The van der Waals surface area contributed by atoms with E-state index in [0.29, 0.717) is 0 Å². The zero-order valence-corrected chi connectivity index (χ0v) is 10.9. The molecule has 0 spiro atoms. The molecule has 5 heteroatoms. The Morgan fingerprint density at radius 1 is 1.22 bits per heavy atom. The third-order valence-electron chi connectivity index (χ3n) is 3.00. The first-order valence-electron chi connectivity index (χ1n) is 6.08. The lowest BCUT2D eigenvalue weighted by atomic mass is 10.2. The molecule has 2 aromatic rings. The maximum atomic E-state index is 5.68. The van der Waals surface area contributed by atoms with Gasteiger partial charge >= 0.3 is 0 Å². The molecule has 96 valence electrons. The highest BCUT2D eigenvalue weighted by Crippen LogP contribution is 2.10. The van der Waals surface area contributed by atoms with E-state index in [9.17, 15) is 0 Å². The van der Waals surface area contributed by atoms with Crippen molar-refractivity contribution in [1.29, 1.82) is 0 Å². The molecule has 5 nitrogen and oxygen atoms in total. The summed E-state index contributed by atoms with van der Waals surface area (Å²) in [5.41, 5.74) is 7.74. The molecule has 0 aliphatic rings. The van der Waals surface area contributed by atoms with Crippen LogP contribution in [0.15, 0.2) is 30.6 Å². The number of hydrogen-bond acceptors (Lipinski definition) is 4. The van der Waals surface area contributed by atoms with Gasteiger partial charge in [0.25, 0.3) is 0 Å². The van der Waals surface area contributed by atoms with Crippen LogP contribution < -0.4 is 5.73 Å². The van der Waals surface area contributed by atoms with E-state index >= 15 is 0 Å². The largest absolute Gasteiger partial charge is 0.399 e. The number of benzene rings is 1. The average molecular weight is 245 g/mol. The molecule has 0 amide bonds. The van der Waals surface area contributed by atoms with Gasteiger partial charge in [-0.15, -0.1) is 0 Å². The second-order valence-corrected chi connectivity index (χ2v) is 4.34. The molecule has 0 aliphatic heterocycles. The van der Waals surface area contributed by atoms with Crippen LogP contribution in [0.3, 0.4) is 0 Å². The summed E-state index contributed by atoms with van der Waals surface area (Å²) in [7, 11) is 1.92. The zero-order valence-electron chi connectivity index (χ0n) is 10.9. The molecule has 18 heavy (non-hydrogen) atoms. The Morgan fingerprint density at radius 3 is 2.50 bits per heavy atom. The molecule has 0 saturated carbocycles. The molecular formula is C13H19N5. The van der Waals surface area contributed by atoms with Gasteiger partial charge in [-0.2, -0.15) is 5.10 Å². The van der Waals surface area contributed by atoms with Crippen molar-refractivity contribution in [2.75, 3.05) is 12.3 Å². The van der Waals surface area contributed by atoms with Gasteiger partial charge in [0.05, 0.1) is 6.54 Å². The highest BCUT2D eigenvalue weighted by molar-refractivity contribution is 5.39. The summed E-state index contributed by atoms with van der Waals surface area (Å²) in [5.74, 6) is 0.979. The van der Waals surface area contributed by atoms with Crippen LogP contribution in [-0.4, -0.2) is 26.2 Å². The lowest BCUT2D eigenvalue weighted by molar-refractivity contribution is 0.260. The van der Waals surface area contributed by atoms with Gasteiger partial charge in [0.15, 0.2) is 0 Å². The summed E-state index contributed by atoms with van der Waals surface area (Å²) < 4.78 is 1.81. The molecule has 2 rings (SSSR count). The van der Waals surface area contributed by atoms with Crippen LogP contribution in [-0.2, 0) is 20.1 Å². The Labute approximate surface area is 107 Å². The first kappa shape index (κ1) is 12.6. The molecular weight excluding hydrogens is 226 g/mol. The van der Waals surface area contributed by atoms with Gasteiger partial charge in [-0.1, -0.05) is 19.1 Å². The Balaban J connectivity index is 2.01. The molecule has 0 aliphatic carbocycles. The topological polar surface area (TPSA) is 60.0 Å². The molecule has 0 atom stereocenters. The number of hydrogen-bond donors (Lipinski definition) is 1. The highest BCUT2D eigenvalue weighted by atomic mass is 15.3. The summed E-state index contributed by atoms with van der Waals surface area (Å²) in [6.45, 7) is 4.81. The van der Waals surface area contributed by atoms with Crippen molar-refractivity contribution >= 4 is 5.69 Å². The summed E-state index contributed by atoms with van der Waals surface area (Å²) in [6, 6.07) is 8.00. The molecule has 1 aromatic heterocycles. The number of aryl methyl sites for hydroxylation is 1. The Kier molecular flexibility index (Phi) is 3.94. The predicted molar refractivity (Wildman–Crippen MR) is 71.6 cm³/mol. The van der Waals surface area contributed by atoms with E-state index in [1.54, 1.807) is 6.33 Å². The zero-order chi connectivity index (χ0) is 13.0. The Bertz CT molecular complexity index is 488. The SMILES string of the molecule is CCN(Cc1ccc(N)cc1)Cc1ncnn1C. The van der Waals surface area contributed by atoms with E-state index in [1.807, 2.05) is 23.9 Å². The standard InChI is InChI=1S/C13H19N5/c1-3-18(9-13-15-10-16-17(13)2)8-11-4-6-12(14)7-5-11/h4-7,10H,3,8-9,14H2,1-2H3. The van der Waals surface area contributed by atoms with E-state index < -0.39 is 0 Å². The van der Waals surface area contributed by atoms with Gasteiger partial charge in [0, 0.05) is 19.3 Å². The van der Waals surface area contributed by atoms with Crippen molar-refractivity contribution in [2.24, 2.45) is 7.05 Å². The van der Waals surface area contributed by atoms with Gasteiger partial charge in [0.1, 0.15) is 12.2 Å². The molecule has 2 N–H and O–H groups in total. The van der Waals surface area contributed by atoms with Crippen molar-refractivity contribution in [3.63, 3.8) is 0 Å². The summed E-state index contributed by atoms with van der Waals surface area (Å²) in [4.78, 5) is 6.56. The Hall–Kier alpha value is -1.88. The van der Waals surface area contributed by atoms with E-state index in [-0.39, 0.29) is 0 Å². The fraction of sp³-hybridized carbons (Fsp3) is 0.385. The first-order chi connectivity index (χ1) is 8.69. The third kappa shape index (κ3) is 3.07. The number of nitrogens with two attached hydrogens (primary N) is 1. The first-order valence-corrected chi connectivity index (χ1v) is 6.08. The monoisotopic (exact) mass is 245 g/mol. The quantitative estimate of drug-likeness (QED) is 0.809. The fourth-order valence-corrected chi connectivity index (χ4v) is 1.82. The van der Waals surface area contributed by atoms with E-state index in [1.165, 1.54) is 5.56 Å². The van der Waals surface area contributed by atoms with Crippen molar-refractivity contribution in [3.05, 3.63) is 42.0 Å². The van der Waals surface area contributed by atoms with Crippen LogP contribution in [0.5, 0.6) is 0 Å². The lowest BCUT2D eigenvalue weighted by Crippen LogP contribution is -2.24. The fourth-order valence-electron chi connectivity index (χ4n) is 1.82. The van der Waals surface area contributed by atoms with E-state index in [2.05, 4.69) is 34.0 Å². The van der Waals surface area contributed by atoms with Gasteiger partial charge in [0.2, 0.25) is 0 Å². The number of nitrogens with zero attached hydrogens (tertiary/aromatic N) is 4. The van der Waals surface area contributed by atoms with Crippen molar-refractivity contribution in [3.8, 4) is 0 Å². The van der Waals surface area contributed by atoms with Crippen LogP contribution in [0.4, 0.5) is 5.69 Å². The second-order valence-electron chi connectivity index (χ2n) is 4.34. The normalized spacial score (nSPS) is 11.1. The van der Waals surface area contributed by atoms with Crippen molar-refractivity contribution < 1.29 is 0 Å². The van der Waals surface area contributed by atoms with Gasteiger partial charge < -0.3 is 5.73 Å². The van der Waals surface area contributed by atoms with Gasteiger partial charge in [-0.25, -0.2) is 4.98 Å². The number of anilines is 1. The minimum absolute atomic E-state index is 0.801. The number of rotatable bonds is 5. The molecule has 0 bridgehead atoms. The van der Waals surface area contributed by atoms with Crippen LogP contribution in [0.25, 0.3) is 0 Å². The predicted octanol–water partition coefficient (Wildman–Crippen LogP) is 1.42. The molecule has 0 fully saturated rings. The molecule has 1 heterocycles. The van der Waals surface area contributed by atoms with Crippen LogP contribution >= 0.6 is 0 Å². The molecule has 1 aromatic carbocycles. The summed E-state index contributed by atoms with van der Waals surface area (Å²) in [5, 5.41) is 4.08. The molecule has 0 saturated heterocycles. The highest BCUT2D eigenvalue weighted by Gasteiger charge is 2.08. The van der Waals surface area contributed by atoms with Crippen LogP contribution in [0.1, 0.15) is 18.3 Å². The average Bonchev–Trinajstić information content (AvgIpc) is 2.77. The van der Waals surface area contributed by atoms with Gasteiger partial charge in [-0.05, 0) is 24.2 Å². The van der Waals surface area contributed by atoms with Crippen molar-refractivity contribution in [2.45, 2.75) is 20.0 Å². The molecule has 0 radical (unpaired) electrons. The summed E-state index contributed by atoms with van der Waals surface area (Å²) >= 11 is 0. The minimum Gasteiger partial charge on any atom is -0.399 e. The van der Waals surface area contributed by atoms with Crippen LogP contribution in [0.2, 0.25) is 0 Å². The Morgan fingerprint density at radius 2 is 1.94 bits per heavy atom. The third-order valence-corrected chi connectivity index (χ3v) is 3.00.